The first-order valence-corrected chi connectivity index (χ1v) is 14.0. The first kappa shape index (κ1) is 26.6. The number of para-hydroxylation sites is 1. The van der Waals surface area contributed by atoms with Crippen molar-refractivity contribution in [2.45, 2.75) is 35.5 Å². The summed E-state index contributed by atoms with van der Waals surface area (Å²) in [6.45, 7) is 3.06. The van der Waals surface area contributed by atoms with Crippen LogP contribution in [0.15, 0.2) is 76.7 Å². The highest BCUT2D eigenvalue weighted by atomic mass is 32.2. The number of anilines is 2. The minimum atomic E-state index is -0.382. The molecule has 39 heavy (non-hydrogen) atoms. The molecule has 1 aliphatic heterocycles. The van der Waals surface area contributed by atoms with E-state index in [0.29, 0.717) is 28.0 Å². The molecule has 2 aromatic heterocycles. The number of likely N-dealkylation sites (tertiary alicyclic amines) is 1. The predicted octanol–water partition coefficient (Wildman–Crippen LogP) is 6.13. The highest BCUT2D eigenvalue weighted by Gasteiger charge is 2.25. The van der Waals surface area contributed by atoms with Crippen LogP contribution in [-0.2, 0) is 9.53 Å². The van der Waals surface area contributed by atoms with Crippen molar-refractivity contribution in [3.8, 4) is 11.5 Å². The molecule has 11 heteroatoms. The number of hydrogen-bond acceptors (Lipinski definition) is 10. The van der Waals surface area contributed by atoms with Gasteiger partial charge in [-0.2, -0.15) is 4.37 Å². The molecule has 0 radical (unpaired) electrons. The van der Waals surface area contributed by atoms with E-state index in [0.717, 1.165) is 41.5 Å². The molecule has 5 rings (SSSR count). The zero-order chi connectivity index (χ0) is 27.2. The summed E-state index contributed by atoms with van der Waals surface area (Å²) in [4.78, 5) is 36.5. The van der Waals surface area contributed by atoms with Crippen LogP contribution in [0.1, 0.15) is 41.9 Å². The molecular weight excluding hydrogens is 534 g/mol. The molecule has 200 valence electrons. The lowest BCUT2D eigenvalue weighted by Gasteiger charge is -2.29. The summed E-state index contributed by atoms with van der Waals surface area (Å²) in [5.74, 6) is 2.67. The van der Waals surface area contributed by atoms with E-state index >= 15 is 0 Å². The number of rotatable bonds is 8. The standard InChI is InChI=1S/C28H27N5O4S2/c1-18(34)33-14-12-19(13-15-33)25-30-28(39-32-25)31-26-24(38-23-10-8-20(9-11-23)27(35)36-2)16-22(17-29-26)37-21-6-4-3-5-7-21/h3-11,16-17,19H,12-15H2,1-2H3,(H,29,30,31,32). The Balaban J connectivity index is 1.36. The monoisotopic (exact) mass is 561 g/mol. The SMILES string of the molecule is COC(=O)c1ccc(Sc2cc(Oc3ccccc3)cnc2Nc2nc(C3CCN(C(C)=O)CC3)ns2)cc1. The predicted molar refractivity (Wildman–Crippen MR) is 150 cm³/mol. The molecule has 4 aromatic rings. The van der Waals surface area contributed by atoms with Gasteiger partial charge < -0.3 is 19.7 Å². The zero-order valence-corrected chi connectivity index (χ0v) is 23.1. The van der Waals surface area contributed by atoms with E-state index in [1.54, 1.807) is 25.3 Å². The fraction of sp³-hybridized carbons (Fsp3) is 0.250. The van der Waals surface area contributed by atoms with Gasteiger partial charge in [0.25, 0.3) is 0 Å². The molecular formula is C28H27N5O4S2. The van der Waals surface area contributed by atoms with Gasteiger partial charge in [-0.05, 0) is 49.2 Å². The number of hydrogen-bond donors (Lipinski definition) is 1. The molecule has 0 aliphatic carbocycles. The van der Waals surface area contributed by atoms with Gasteiger partial charge in [0.15, 0.2) is 0 Å². The van der Waals surface area contributed by atoms with Crippen molar-refractivity contribution in [3.63, 3.8) is 0 Å². The Morgan fingerprint density at radius 3 is 2.49 bits per heavy atom. The van der Waals surface area contributed by atoms with Gasteiger partial charge in [0.2, 0.25) is 11.0 Å². The quantitative estimate of drug-likeness (QED) is 0.254. The van der Waals surface area contributed by atoms with Crippen molar-refractivity contribution in [1.29, 1.82) is 0 Å². The fourth-order valence-corrected chi connectivity index (χ4v) is 5.74. The summed E-state index contributed by atoms with van der Waals surface area (Å²) in [5.41, 5.74) is 0.481. The molecule has 1 amide bonds. The van der Waals surface area contributed by atoms with Gasteiger partial charge in [-0.3, -0.25) is 4.79 Å². The first-order chi connectivity index (χ1) is 19.0. The van der Waals surface area contributed by atoms with E-state index in [1.807, 2.05) is 53.4 Å². The van der Waals surface area contributed by atoms with Crippen LogP contribution >= 0.6 is 23.3 Å². The molecule has 0 bridgehead atoms. The van der Waals surface area contributed by atoms with E-state index in [9.17, 15) is 9.59 Å². The Bertz CT molecular complexity index is 1440. The molecule has 0 saturated carbocycles. The Morgan fingerprint density at radius 2 is 1.79 bits per heavy atom. The number of nitrogens with zero attached hydrogens (tertiary/aromatic N) is 4. The second-order valence-electron chi connectivity index (χ2n) is 8.91. The minimum Gasteiger partial charge on any atom is -0.465 e. The average Bonchev–Trinajstić information content (AvgIpc) is 3.43. The van der Waals surface area contributed by atoms with Crippen LogP contribution in [-0.4, -0.2) is 51.3 Å². The summed E-state index contributed by atoms with van der Waals surface area (Å²) >= 11 is 2.78. The fourth-order valence-electron chi connectivity index (χ4n) is 4.19. The van der Waals surface area contributed by atoms with Gasteiger partial charge in [-0.15, -0.1) is 0 Å². The Labute approximate surface area is 234 Å². The number of piperidine rings is 1. The summed E-state index contributed by atoms with van der Waals surface area (Å²) in [7, 11) is 1.36. The van der Waals surface area contributed by atoms with Crippen molar-refractivity contribution in [3.05, 3.63) is 78.2 Å². The number of carbonyl (C=O) groups is 2. The van der Waals surface area contributed by atoms with Crippen LogP contribution in [0.2, 0.25) is 0 Å². The van der Waals surface area contributed by atoms with E-state index in [2.05, 4.69) is 14.7 Å². The van der Waals surface area contributed by atoms with Gasteiger partial charge in [0, 0.05) is 48.4 Å². The lowest BCUT2D eigenvalue weighted by atomic mass is 9.96. The van der Waals surface area contributed by atoms with Crippen molar-refractivity contribution in [1.82, 2.24) is 19.2 Å². The van der Waals surface area contributed by atoms with Crippen molar-refractivity contribution >= 4 is 46.1 Å². The molecule has 1 saturated heterocycles. The minimum absolute atomic E-state index is 0.109. The number of methoxy groups -OCH3 is 1. The summed E-state index contributed by atoms with van der Waals surface area (Å²) in [6, 6.07) is 18.6. The van der Waals surface area contributed by atoms with Crippen LogP contribution in [0, 0.1) is 0 Å². The van der Waals surface area contributed by atoms with Gasteiger partial charge in [-0.25, -0.2) is 14.8 Å². The lowest BCUT2D eigenvalue weighted by Crippen LogP contribution is -2.36. The Kier molecular flexibility index (Phi) is 8.38. The highest BCUT2D eigenvalue weighted by Crippen LogP contribution is 2.38. The number of benzene rings is 2. The van der Waals surface area contributed by atoms with E-state index in [1.165, 1.54) is 30.4 Å². The van der Waals surface area contributed by atoms with Crippen molar-refractivity contribution < 1.29 is 19.1 Å². The Hall–Kier alpha value is -3.96. The molecule has 0 unspecified atom stereocenters. The van der Waals surface area contributed by atoms with Crippen molar-refractivity contribution in [2.75, 3.05) is 25.5 Å². The van der Waals surface area contributed by atoms with Gasteiger partial charge in [-0.1, -0.05) is 30.0 Å². The van der Waals surface area contributed by atoms with Gasteiger partial charge in [0.1, 0.15) is 23.1 Å². The normalized spacial score (nSPS) is 13.6. The zero-order valence-electron chi connectivity index (χ0n) is 21.5. The average molecular weight is 562 g/mol. The molecule has 0 atom stereocenters. The maximum atomic E-state index is 11.8. The third kappa shape index (κ3) is 6.73. The number of ether oxygens (including phenoxy) is 2. The maximum Gasteiger partial charge on any atom is 0.337 e. The highest BCUT2D eigenvalue weighted by molar-refractivity contribution is 7.99. The van der Waals surface area contributed by atoms with Gasteiger partial charge in [0.05, 0.1) is 23.8 Å². The summed E-state index contributed by atoms with van der Waals surface area (Å²) in [5, 5.41) is 3.97. The third-order valence-electron chi connectivity index (χ3n) is 6.28. The van der Waals surface area contributed by atoms with Crippen LogP contribution in [0.3, 0.4) is 0 Å². The molecule has 3 heterocycles. The van der Waals surface area contributed by atoms with Crippen LogP contribution in [0.25, 0.3) is 0 Å². The molecule has 0 spiro atoms. The number of esters is 1. The number of nitrogens with one attached hydrogen (secondary N) is 1. The van der Waals surface area contributed by atoms with Crippen LogP contribution < -0.4 is 10.1 Å². The number of aromatic nitrogens is 3. The summed E-state index contributed by atoms with van der Waals surface area (Å²) in [6.07, 6.45) is 3.36. The number of amides is 1. The second kappa shape index (κ2) is 12.3. The maximum absolute atomic E-state index is 11.8. The summed E-state index contributed by atoms with van der Waals surface area (Å²) < 4.78 is 15.4. The third-order valence-corrected chi connectivity index (χ3v) is 7.97. The molecule has 1 aliphatic rings. The van der Waals surface area contributed by atoms with Crippen LogP contribution in [0.5, 0.6) is 11.5 Å². The van der Waals surface area contributed by atoms with Crippen LogP contribution in [0.4, 0.5) is 10.9 Å². The first-order valence-electron chi connectivity index (χ1n) is 12.4. The number of pyridine rings is 1. The Morgan fingerprint density at radius 1 is 1.05 bits per heavy atom. The largest absolute Gasteiger partial charge is 0.465 e. The topological polar surface area (TPSA) is 107 Å². The van der Waals surface area contributed by atoms with Crippen molar-refractivity contribution in [2.24, 2.45) is 0 Å². The molecule has 9 nitrogen and oxygen atoms in total. The molecule has 1 N–H and O–H groups in total. The molecule has 2 aromatic carbocycles. The second-order valence-corrected chi connectivity index (χ2v) is 10.8. The van der Waals surface area contributed by atoms with E-state index in [4.69, 9.17) is 14.5 Å². The van der Waals surface area contributed by atoms with E-state index in [-0.39, 0.29) is 17.8 Å². The molecule has 1 fully saturated rings. The van der Waals surface area contributed by atoms with Gasteiger partial charge >= 0.3 is 5.97 Å². The smallest absolute Gasteiger partial charge is 0.337 e. The lowest BCUT2D eigenvalue weighted by molar-refractivity contribution is -0.129. The van der Waals surface area contributed by atoms with E-state index < -0.39 is 0 Å². The number of carbonyl (C=O) groups excluding carboxylic acids is 2.